The van der Waals surface area contributed by atoms with Crippen LogP contribution in [0.3, 0.4) is 0 Å². The summed E-state index contributed by atoms with van der Waals surface area (Å²) in [4.78, 5) is 12.1. The molecular formula is C16H30N2O2. The zero-order chi connectivity index (χ0) is 14.4. The Hall–Kier alpha value is -0.610. The molecular weight excluding hydrogens is 252 g/mol. The molecule has 0 saturated heterocycles. The van der Waals surface area contributed by atoms with E-state index in [0.717, 1.165) is 25.7 Å². The standard InChI is InChI=1S/C16H30N2O2/c1-12(13-5-4-6-14(17)11-13)16(19)18-9-10-20-15-7-2-3-8-15/h12-15H,2-11,17H2,1H3,(H,18,19). The van der Waals surface area contributed by atoms with E-state index in [2.05, 4.69) is 5.32 Å². The van der Waals surface area contributed by atoms with Gasteiger partial charge < -0.3 is 15.8 Å². The van der Waals surface area contributed by atoms with Gasteiger partial charge in [-0.15, -0.1) is 0 Å². The minimum absolute atomic E-state index is 0.0767. The lowest BCUT2D eigenvalue weighted by atomic mass is 9.78. The summed E-state index contributed by atoms with van der Waals surface area (Å²) in [5, 5.41) is 3.01. The van der Waals surface area contributed by atoms with Crippen molar-refractivity contribution >= 4 is 5.91 Å². The third-order valence-corrected chi connectivity index (χ3v) is 4.93. The number of carbonyl (C=O) groups excluding carboxylic acids is 1. The number of nitrogens with two attached hydrogens (primary N) is 1. The minimum Gasteiger partial charge on any atom is -0.376 e. The van der Waals surface area contributed by atoms with Crippen LogP contribution in [0.1, 0.15) is 58.3 Å². The molecule has 3 N–H and O–H groups in total. The number of rotatable bonds is 6. The number of nitrogens with one attached hydrogen (secondary N) is 1. The number of ether oxygens (including phenoxy) is 1. The van der Waals surface area contributed by atoms with Crippen molar-refractivity contribution in [1.29, 1.82) is 0 Å². The third-order valence-electron chi connectivity index (χ3n) is 4.93. The Kier molecular flexibility index (Phi) is 6.30. The fraction of sp³-hybridized carbons (Fsp3) is 0.938. The van der Waals surface area contributed by atoms with E-state index in [9.17, 15) is 4.79 Å². The summed E-state index contributed by atoms with van der Waals surface area (Å²) in [6, 6.07) is 0.287. The average Bonchev–Trinajstić information content (AvgIpc) is 2.95. The maximum absolute atomic E-state index is 12.1. The van der Waals surface area contributed by atoms with Crippen molar-refractivity contribution in [2.45, 2.75) is 70.4 Å². The van der Waals surface area contributed by atoms with Crippen LogP contribution in [-0.2, 0) is 9.53 Å². The van der Waals surface area contributed by atoms with Crippen molar-refractivity contribution in [1.82, 2.24) is 5.32 Å². The number of carbonyl (C=O) groups is 1. The van der Waals surface area contributed by atoms with Crippen LogP contribution >= 0.6 is 0 Å². The van der Waals surface area contributed by atoms with Crippen LogP contribution in [0.5, 0.6) is 0 Å². The fourth-order valence-electron chi connectivity index (χ4n) is 3.55. The van der Waals surface area contributed by atoms with E-state index < -0.39 is 0 Å². The molecule has 0 aliphatic heterocycles. The van der Waals surface area contributed by atoms with Crippen LogP contribution in [0, 0.1) is 11.8 Å². The molecule has 0 aromatic heterocycles. The van der Waals surface area contributed by atoms with E-state index in [4.69, 9.17) is 10.5 Å². The number of hydrogen-bond donors (Lipinski definition) is 2. The minimum atomic E-state index is 0.0767. The molecule has 2 saturated carbocycles. The summed E-state index contributed by atoms with van der Waals surface area (Å²) in [6.45, 7) is 3.32. The second kappa shape index (κ2) is 7.99. The zero-order valence-electron chi connectivity index (χ0n) is 12.8. The Balaban J connectivity index is 1.60. The molecule has 0 bridgehead atoms. The molecule has 20 heavy (non-hydrogen) atoms. The van der Waals surface area contributed by atoms with Crippen LogP contribution < -0.4 is 11.1 Å². The summed E-state index contributed by atoms with van der Waals surface area (Å²) in [5.74, 6) is 0.696. The van der Waals surface area contributed by atoms with E-state index in [1.165, 1.54) is 25.7 Å². The molecule has 0 radical (unpaired) electrons. The number of hydrogen-bond acceptors (Lipinski definition) is 3. The summed E-state index contributed by atoms with van der Waals surface area (Å²) in [7, 11) is 0. The summed E-state index contributed by atoms with van der Waals surface area (Å²) >= 11 is 0. The van der Waals surface area contributed by atoms with Crippen molar-refractivity contribution in [2.24, 2.45) is 17.6 Å². The highest BCUT2D eigenvalue weighted by atomic mass is 16.5. The van der Waals surface area contributed by atoms with Gasteiger partial charge in [0.1, 0.15) is 0 Å². The van der Waals surface area contributed by atoms with Crippen molar-refractivity contribution in [2.75, 3.05) is 13.2 Å². The van der Waals surface area contributed by atoms with Crippen LogP contribution in [-0.4, -0.2) is 31.2 Å². The van der Waals surface area contributed by atoms with E-state index in [0.29, 0.717) is 25.2 Å². The Morgan fingerprint density at radius 3 is 2.70 bits per heavy atom. The Bertz CT molecular complexity index is 303. The molecule has 2 fully saturated rings. The average molecular weight is 282 g/mol. The first-order valence-corrected chi connectivity index (χ1v) is 8.31. The molecule has 2 rings (SSSR count). The molecule has 116 valence electrons. The highest BCUT2D eigenvalue weighted by Gasteiger charge is 2.28. The maximum Gasteiger partial charge on any atom is 0.223 e. The van der Waals surface area contributed by atoms with E-state index in [1.807, 2.05) is 6.92 Å². The fourth-order valence-corrected chi connectivity index (χ4v) is 3.55. The second-order valence-corrected chi connectivity index (χ2v) is 6.54. The van der Waals surface area contributed by atoms with Crippen LogP contribution in [0.15, 0.2) is 0 Å². The molecule has 3 atom stereocenters. The quantitative estimate of drug-likeness (QED) is 0.734. The lowest BCUT2D eigenvalue weighted by Crippen LogP contribution is -2.39. The van der Waals surface area contributed by atoms with Gasteiger partial charge in [-0.1, -0.05) is 26.2 Å². The lowest BCUT2D eigenvalue weighted by molar-refractivity contribution is -0.126. The lowest BCUT2D eigenvalue weighted by Gasteiger charge is -2.30. The first-order chi connectivity index (χ1) is 9.66. The molecule has 2 aliphatic carbocycles. The summed E-state index contributed by atoms with van der Waals surface area (Å²) in [5.41, 5.74) is 6.00. The first kappa shape index (κ1) is 15.8. The summed E-state index contributed by atoms with van der Waals surface area (Å²) < 4.78 is 5.76. The Morgan fingerprint density at radius 2 is 2.00 bits per heavy atom. The van der Waals surface area contributed by atoms with E-state index >= 15 is 0 Å². The molecule has 4 nitrogen and oxygen atoms in total. The highest BCUT2D eigenvalue weighted by Crippen LogP contribution is 2.29. The Morgan fingerprint density at radius 1 is 1.25 bits per heavy atom. The van der Waals surface area contributed by atoms with E-state index in [1.54, 1.807) is 0 Å². The molecule has 0 aromatic carbocycles. The predicted molar refractivity (Wildman–Crippen MR) is 80.3 cm³/mol. The normalized spacial score (nSPS) is 29.3. The predicted octanol–water partition coefficient (Wildman–Crippen LogP) is 2.22. The van der Waals surface area contributed by atoms with Gasteiger partial charge in [-0.25, -0.2) is 0 Å². The van der Waals surface area contributed by atoms with Gasteiger partial charge in [0.15, 0.2) is 0 Å². The van der Waals surface area contributed by atoms with E-state index in [-0.39, 0.29) is 17.9 Å². The Labute approximate surface area is 122 Å². The second-order valence-electron chi connectivity index (χ2n) is 6.54. The van der Waals surface area contributed by atoms with Crippen molar-refractivity contribution in [3.63, 3.8) is 0 Å². The molecule has 0 heterocycles. The molecule has 4 heteroatoms. The topological polar surface area (TPSA) is 64.3 Å². The smallest absolute Gasteiger partial charge is 0.223 e. The zero-order valence-corrected chi connectivity index (χ0v) is 12.8. The van der Waals surface area contributed by atoms with Gasteiger partial charge in [-0.2, -0.15) is 0 Å². The van der Waals surface area contributed by atoms with Gasteiger partial charge in [0.05, 0.1) is 12.7 Å². The maximum atomic E-state index is 12.1. The highest BCUT2D eigenvalue weighted by molar-refractivity contribution is 5.78. The van der Waals surface area contributed by atoms with Gasteiger partial charge in [-0.3, -0.25) is 4.79 Å². The summed E-state index contributed by atoms with van der Waals surface area (Å²) in [6.07, 6.45) is 9.78. The number of amides is 1. The van der Waals surface area contributed by atoms with Gasteiger partial charge in [-0.05, 0) is 38.0 Å². The van der Waals surface area contributed by atoms with Crippen molar-refractivity contribution in [3.8, 4) is 0 Å². The molecule has 3 unspecified atom stereocenters. The van der Waals surface area contributed by atoms with Gasteiger partial charge in [0.2, 0.25) is 5.91 Å². The van der Waals surface area contributed by atoms with Gasteiger partial charge in [0.25, 0.3) is 0 Å². The monoisotopic (exact) mass is 282 g/mol. The van der Waals surface area contributed by atoms with Crippen molar-refractivity contribution < 1.29 is 9.53 Å². The molecule has 2 aliphatic rings. The van der Waals surface area contributed by atoms with Crippen molar-refractivity contribution in [3.05, 3.63) is 0 Å². The molecule has 0 aromatic rings. The van der Waals surface area contributed by atoms with Crippen LogP contribution in [0.25, 0.3) is 0 Å². The molecule has 1 amide bonds. The first-order valence-electron chi connectivity index (χ1n) is 8.31. The van der Waals surface area contributed by atoms with Crippen LogP contribution in [0.4, 0.5) is 0 Å². The van der Waals surface area contributed by atoms with Gasteiger partial charge >= 0.3 is 0 Å². The molecule has 0 spiro atoms. The van der Waals surface area contributed by atoms with Crippen LogP contribution in [0.2, 0.25) is 0 Å². The largest absolute Gasteiger partial charge is 0.376 e. The third kappa shape index (κ3) is 4.74. The van der Waals surface area contributed by atoms with Gasteiger partial charge in [0, 0.05) is 18.5 Å². The SMILES string of the molecule is CC(C(=O)NCCOC1CCCC1)C1CCCC(N)C1.